The summed E-state index contributed by atoms with van der Waals surface area (Å²) in [4.78, 5) is 22.8. The molecule has 39 heavy (non-hydrogen) atoms. The van der Waals surface area contributed by atoms with Crippen molar-refractivity contribution < 1.29 is 23.5 Å². The molecule has 1 aliphatic heterocycles. The Morgan fingerprint density at radius 1 is 1.33 bits per heavy atom. The summed E-state index contributed by atoms with van der Waals surface area (Å²) in [5.41, 5.74) is 8.09. The van der Waals surface area contributed by atoms with E-state index >= 15 is 0 Å². The zero-order chi connectivity index (χ0) is 29.9. The minimum absolute atomic E-state index is 0.113. The van der Waals surface area contributed by atoms with E-state index in [1.807, 2.05) is 39.8 Å². The molecule has 0 aromatic heterocycles. The smallest absolute Gasteiger partial charge is 0.275 e. The average Bonchev–Trinajstić information content (AvgIpc) is 2.96. The molecule has 1 heterocycles. The predicted octanol–water partition coefficient (Wildman–Crippen LogP) is 6.58. The molecule has 1 aliphatic rings. The fraction of sp³-hybridized carbons (Fsp3) is 0.600. The van der Waals surface area contributed by atoms with Crippen LogP contribution in [0.5, 0.6) is 0 Å². The van der Waals surface area contributed by atoms with Gasteiger partial charge in [-0.3, -0.25) is 15.0 Å². The topological polar surface area (TPSA) is 88.7 Å². The molecule has 0 aromatic carbocycles. The van der Waals surface area contributed by atoms with E-state index in [0.29, 0.717) is 26.0 Å². The van der Waals surface area contributed by atoms with Gasteiger partial charge < -0.3 is 14.8 Å². The van der Waals surface area contributed by atoms with Gasteiger partial charge in [-0.25, -0.2) is 9.82 Å². The van der Waals surface area contributed by atoms with Crippen molar-refractivity contribution >= 4 is 23.9 Å². The maximum atomic E-state index is 12.9. The molecule has 7 nitrogen and oxygen atoms in total. The largest absolute Gasteiger partial charge is 0.501 e. The fourth-order valence-electron chi connectivity index (χ4n) is 3.11. The number of carbonyl (C=O) groups excluding carboxylic acids is 2. The van der Waals surface area contributed by atoms with Crippen molar-refractivity contribution in [2.75, 3.05) is 13.2 Å². The second-order valence-electron chi connectivity index (χ2n) is 8.50. The van der Waals surface area contributed by atoms with Crippen LogP contribution in [0.25, 0.3) is 0 Å². The van der Waals surface area contributed by atoms with Gasteiger partial charge in [0, 0.05) is 12.6 Å². The van der Waals surface area contributed by atoms with Crippen molar-refractivity contribution in [1.82, 2.24) is 16.2 Å². The Bertz CT molecular complexity index is 769. The molecule has 4 atom stereocenters. The number of hydrogen-bond donors (Lipinski definition) is 3. The van der Waals surface area contributed by atoms with Gasteiger partial charge in [0.1, 0.15) is 6.17 Å². The Labute approximate surface area is 241 Å². The number of amides is 2. The minimum atomic E-state index is -1.22. The second-order valence-corrected chi connectivity index (χ2v) is 9.00. The van der Waals surface area contributed by atoms with Gasteiger partial charge in [-0.2, -0.15) is 0 Å². The average molecular weight is 572 g/mol. The van der Waals surface area contributed by atoms with E-state index < -0.39 is 17.7 Å². The van der Waals surface area contributed by atoms with E-state index in [2.05, 4.69) is 42.7 Å². The Kier molecular flexibility index (Phi) is 26.7. The van der Waals surface area contributed by atoms with Crippen LogP contribution in [0.3, 0.4) is 0 Å². The summed E-state index contributed by atoms with van der Waals surface area (Å²) in [5.74, 6) is -0.186. The molecule has 9 heteroatoms. The van der Waals surface area contributed by atoms with Crippen LogP contribution in [0, 0.1) is 0 Å². The van der Waals surface area contributed by atoms with Crippen LogP contribution in [0.2, 0.25) is 0 Å². The lowest BCUT2D eigenvalue weighted by molar-refractivity contribution is -0.131. The van der Waals surface area contributed by atoms with Gasteiger partial charge in [0.25, 0.3) is 5.91 Å². The van der Waals surface area contributed by atoms with E-state index in [4.69, 9.17) is 21.1 Å². The number of alkyl halides is 2. The highest BCUT2D eigenvalue weighted by Crippen LogP contribution is 2.16. The zero-order valence-electron chi connectivity index (χ0n) is 24.7. The molecule has 0 fully saturated rings. The van der Waals surface area contributed by atoms with Crippen LogP contribution in [0.4, 0.5) is 4.39 Å². The van der Waals surface area contributed by atoms with Crippen molar-refractivity contribution in [2.45, 2.75) is 104 Å². The predicted molar refractivity (Wildman–Crippen MR) is 161 cm³/mol. The number of hydrogen-bond acceptors (Lipinski definition) is 5. The second kappa shape index (κ2) is 27.0. The molecular weight excluding hydrogens is 521 g/mol. The molecular formula is C30H51ClFN3O4. The molecule has 4 unspecified atom stereocenters. The van der Waals surface area contributed by atoms with Gasteiger partial charge >= 0.3 is 0 Å². The number of nitrogens with one attached hydrogen (secondary N) is 3. The van der Waals surface area contributed by atoms with Crippen LogP contribution < -0.4 is 16.2 Å². The highest BCUT2D eigenvalue weighted by Gasteiger charge is 2.19. The lowest BCUT2D eigenvalue weighted by Gasteiger charge is -2.19. The van der Waals surface area contributed by atoms with Crippen molar-refractivity contribution in [2.24, 2.45) is 0 Å². The SMILES string of the molecule is C=CC(Cl)C(F)/C=C/OCCC.CC.CCC1=C/C=C/OC(C(=O)NNCCC(CC)NC=O)CC\C(C)=C\1. The Morgan fingerprint density at radius 2 is 2.05 bits per heavy atom. The normalized spacial score (nSPS) is 20.8. The van der Waals surface area contributed by atoms with Crippen molar-refractivity contribution in [3.05, 3.63) is 60.6 Å². The van der Waals surface area contributed by atoms with Gasteiger partial charge in [-0.1, -0.05) is 58.4 Å². The minimum Gasteiger partial charge on any atom is -0.501 e. The summed E-state index contributed by atoms with van der Waals surface area (Å²) in [6, 6.07) is 0.113. The quantitative estimate of drug-likeness (QED) is 0.0516. The van der Waals surface area contributed by atoms with Gasteiger partial charge in [0.05, 0.1) is 24.5 Å². The molecule has 0 bridgehead atoms. The molecule has 1 rings (SSSR count). The number of ether oxygens (including phenoxy) is 2. The summed E-state index contributed by atoms with van der Waals surface area (Å²) in [6.45, 7) is 16.7. The highest BCUT2D eigenvalue weighted by atomic mass is 35.5. The maximum Gasteiger partial charge on any atom is 0.275 e. The third-order valence-electron chi connectivity index (χ3n) is 5.40. The third kappa shape index (κ3) is 21.0. The standard InChI is InChI=1S/C19H31N3O3.C9H14ClFO.C2H6/c1-4-16-7-6-12-25-18(9-8-15(3)13-16)19(24)22-21-11-10-17(5-2)20-14-23;1-3-6-12-7-5-9(11)8(10)4-2;1-2/h6-7,12-14,17-18,21H,4-5,8-11H2,1-3H3,(H,20,23)(H,22,24);4-5,7-9H,2-3,6H2,1H3;1-2H3/b12-6+,15-13+,16-7-;7-5+;. The third-order valence-corrected chi connectivity index (χ3v) is 5.82. The molecule has 0 aliphatic carbocycles. The highest BCUT2D eigenvalue weighted by molar-refractivity contribution is 6.22. The van der Waals surface area contributed by atoms with E-state index in [1.54, 1.807) is 6.26 Å². The maximum absolute atomic E-state index is 12.9. The molecule has 0 saturated heterocycles. The van der Waals surface area contributed by atoms with E-state index in [-0.39, 0.29) is 11.9 Å². The lowest BCUT2D eigenvalue weighted by atomic mass is 10.0. The number of carbonyl (C=O) groups is 2. The van der Waals surface area contributed by atoms with Gasteiger partial charge in [-0.15, -0.1) is 18.2 Å². The first-order chi connectivity index (χ1) is 18.8. The van der Waals surface area contributed by atoms with Gasteiger partial charge in [-0.05, 0) is 63.2 Å². The van der Waals surface area contributed by atoms with E-state index in [1.165, 1.54) is 29.6 Å². The number of hydrazine groups is 1. The lowest BCUT2D eigenvalue weighted by Crippen LogP contribution is -2.45. The number of halogens is 2. The number of rotatable bonds is 15. The first-order valence-corrected chi connectivity index (χ1v) is 14.4. The zero-order valence-corrected chi connectivity index (χ0v) is 25.4. The monoisotopic (exact) mass is 571 g/mol. The Morgan fingerprint density at radius 3 is 2.64 bits per heavy atom. The summed E-state index contributed by atoms with van der Waals surface area (Å²) in [7, 11) is 0. The van der Waals surface area contributed by atoms with Crippen molar-refractivity contribution in [3.63, 3.8) is 0 Å². The first kappa shape index (κ1) is 38.6. The Hall–Kier alpha value is -2.58. The molecule has 0 saturated carbocycles. The molecule has 3 N–H and O–H groups in total. The molecule has 224 valence electrons. The summed E-state index contributed by atoms with van der Waals surface area (Å²) in [6.07, 6.45) is 15.4. The van der Waals surface area contributed by atoms with Crippen molar-refractivity contribution in [3.8, 4) is 0 Å². The van der Waals surface area contributed by atoms with E-state index in [9.17, 15) is 14.0 Å². The van der Waals surface area contributed by atoms with Gasteiger partial charge in [0.15, 0.2) is 6.10 Å². The summed E-state index contributed by atoms with van der Waals surface area (Å²) < 4.78 is 23.4. The molecule has 0 radical (unpaired) electrons. The van der Waals surface area contributed by atoms with Crippen LogP contribution in [0.1, 0.15) is 80.1 Å². The first-order valence-electron chi connectivity index (χ1n) is 13.9. The van der Waals surface area contributed by atoms with E-state index in [0.717, 1.165) is 32.1 Å². The Balaban J connectivity index is 0. The molecule has 0 aromatic rings. The fourth-order valence-corrected chi connectivity index (χ4v) is 3.19. The van der Waals surface area contributed by atoms with Crippen LogP contribution in [-0.4, -0.2) is 49.2 Å². The van der Waals surface area contributed by atoms with Crippen LogP contribution in [0.15, 0.2) is 60.6 Å². The van der Waals surface area contributed by atoms with Crippen molar-refractivity contribution in [1.29, 1.82) is 0 Å². The molecule has 0 spiro atoms. The van der Waals surface area contributed by atoms with Gasteiger partial charge in [0.2, 0.25) is 6.41 Å². The summed E-state index contributed by atoms with van der Waals surface area (Å²) in [5, 5.41) is 2.07. The molecule has 2 amide bonds. The van der Waals surface area contributed by atoms with Crippen LogP contribution in [-0.2, 0) is 19.1 Å². The summed E-state index contributed by atoms with van der Waals surface area (Å²) >= 11 is 5.53. The van der Waals surface area contributed by atoms with Crippen LogP contribution >= 0.6 is 11.6 Å². The number of allylic oxidation sites excluding steroid dienone is 7.